The van der Waals surface area contributed by atoms with Gasteiger partial charge in [0.25, 0.3) is 5.91 Å². The van der Waals surface area contributed by atoms with Crippen molar-refractivity contribution in [1.29, 1.82) is 0 Å². The molecule has 0 saturated heterocycles. The Morgan fingerprint density at radius 3 is 2.86 bits per heavy atom. The van der Waals surface area contributed by atoms with Gasteiger partial charge in [-0.25, -0.2) is 0 Å². The maximum atomic E-state index is 12.5. The largest absolute Gasteiger partial charge is 0.396 e. The SMILES string of the molecule is O=C(NC1CCCCC1CO)c1sc2ccccc2c1Cl. The van der Waals surface area contributed by atoms with Crippen LogP contribution in [0.5, 0.6) is 0 Å². The number of fused-ring (bicyclic) bond motifs is 1. The van der Waals surface area contributed by atoms with Gasteiger partial charge in [-0.15, -0.1) is 11.3 Å². The molecule has 2 unspecified atom stereocenters. The fourth-order valence-electron chi connectivity index (χ4n) is 3.01. The fourth-order valence-corrected chi connectivity index (χ4v) is 4.43. The molecule has 112 valence electrons. The number of rotatable bonds is 3. The molecule has 2 N–H and O–H groups in total. The number of hydrogen-bond donors (Lipinski definition) is 2. The zero-order valence-electron chi connectivity index (χ0n) is 11.6. The van der Waals surface area contributed by atoms with E-state index in [0.717, 1.165) is 35.8 Å². The van der Waals surface area contributed by atoms with E-state index in [0.29, 0.717) is 9.90 Å². The van der Waals surface area contributed by atoms with Crippen molar-refractivity contribution in [3.63, 3.8) is 0 Å². The number of aliphatic hydroxyl groups is 1. The highest BCUT2D eigenvalue weighted by atomic mass is 35.5. The molecule has 1 aliphatic carbocycles. The van der Waals surface area contributed by atoms with Crippen molar-refractivity contribution >= 4 is 38.9 Å². The van der Waals surface area contributed by atoms with E-state index in [9.17, 15) is 9.90 Å². The molecule has 3 rings (SSSR count). The Morgan fingerprint density at radius 2 is 2.10 bits per heavy atom. The molecule has 0 bridgehead atoms. The summed E-state index contributed by atoms with van der Waals surface area (Å²) in [7, 11) is 0. The lowest BCUT2D eigenvalue weighted by atomic mass is 9.85. The highest BCUT2D eigenvalue weighted by Gasteiger charge is 2.27. The first-order chi connectivity index (χ1) is 10.2. The molecule has 2 atom stereocenters. The van der Waals surface area contributed by atoms with E-state index in [1.54, 1.807) is 0 Å². The summed E-state index contributed by atoms with van der Waals surface area (Å²) in [6, 6.07) is 7.82. The van der Waals surface area contributed by atoms with E-state index in [1.165, 1.54) is 11.3 Å². The van der Waals surface area contributed by atoms with Crippen molar-refractivity contribution in [3.05, 3.63) is 34.2 Å². The summed E-state index contributed by atoms with van der Waals surface area (Å²) >= 11 is 7.76. The van der Waals surface area contributed by atoms with Gasteiger partial charge in [0.05, 0.1) is 5.02 Å². The van der Waals surface area contributed by atoms with Crippen molar-refractivity contribution in [1.82, 2.24) is 5.32 Å². The van der Waals surface area contributed by atoms with Gasteiger partial charge >= 0.3 is 0 Å². The second kappa shape index (κ2) is 6.34. The van der Waals surface area contributed by atoms with E-state index in [-0.39, 0.29) is 24.5 Å². The molecule has 1 fully saturated rings. The number of aliphatic hydroxyl groups excluding tert-OH is 1. The maximum absolute atomic E-state index is 12.5. The first kappa shape index (κ1) is 14.8. The van der Waals surface area contributed by atoms with Crippen molar-refractivity contribution in [2.24, 2.45) is 5.92 Å². The van der Waals surface area contributed by atoms with Gasteiger partial charge in [0, 0.05) is 28.7 Å². The summed E-state index contributed by atoms with van der Waals surface area (Å²) in [6.07, 6.45) is 4.13. The molecule has 5 heteroatoms. The van der Waals surface area contributed by atoms with Crippen molar-refractivity contribution in [2.75, 3.05) is 6.61 Å². The predicted molar refractivity (Wildman–Crippen MR) is 87.1 cm³/mol. The molecule has 21 heavy (non-hydrogen) atoms. The lowest BCUT2D eigenvalue weighted by Crippen LogP contribution is -2.43. The highest BCUT2D eigenvalue weighted by Crippen LogP contribution is 2.35. The quantitative estimate of drug-likeness (QED) is 0.901. The summed E-state index contributed by atoms with van der Waals surface area (Å²) in [5.41, 5.74) is 0. The number of benzene rings is 1. The standard InChI is InChI=1S/C16H18ClNO2S/c17-14-11-6-2-4-8-13(11)21-15(14)16(20)18-12-7-3-1-5-10(12)9-19/h2,4,6,8,10,12,19H,1,3,5,7,9H2,(H,18,20). The molecule has 0 aliphatic heterocycles. The number of amides is 1. The van der Waals surface area contributed by atoms with Gasteiger partial charge in [0.2, 0.25) is 0 Å². The molecular formula is C16H18ClNO2S. The van der Waals surface area contributed by atoms with Gasteiger partial charge in [-0.05, 0) is 18.9 Å². The Kier molecular flexibility index (Phi) is 4.48. The third-order valence-electron chi connectivity index (χ3n) is 4.20. The van der Waals surface area contributed by atoms with Crippen LogP contribution in [0.1, 0.15) is 35.4 Å². The molecular weight excluding hydrogens is 306 g/mol. The van der Waals surface area contributed by atoms with E-state index in [2.05, 4.69) is 5.32 Å². The van der Waals surface area contributed by atoms with Crippen molar-refractivity contribution in [3.8, 4) is 0 Å². The van der Waals surface area contributed by atoms with Crippen LogP contribution < -0.4 is 5.32 Å². The second-order valence-electron chi connectivity index (χ2n) is 5.55. The average molecular weight is 324 g/mol. The number of hydrogen-bond acceptors (Lipinski definition) is 3. The van der Waals surface area contributed by atoms with Crippen LogP contribution in [-0.4, -0.2) is 23.7 Å². The molecule has 1 aromatic carbocycles. The summed E-state index contributed by atoms with van der Waals surface area (Å²) < 4.78 is 1.02. The summed E-state index contributed by atoms with van der Waals surface area (Å²) in [5.74, 6) is 0.0439. The maximum Gasteiger partial charge on any atom is 0.263 e. The monoisotopic (exact) mass is 323 g/mol. The van der Waals surface area contributed by atoms with Crippen LogP contribution >= 0.6 is 22.9 Å². The zero-order valence-corrected chi connectivity index (χ0v) is 13.2. The lowest BCUT2D eigenvalue weighted by Gasteiger charge is -2.30. The minimum atomic E-state index is -0.119. The first-order valence-corrected chi connectivity index (χ1v) is 8.49. The first-order valence-electron chi connectivity index (χ1n) is 7.29. The van der Waals surface area contributed by atoms with E-state index < -0.39 is 0 Å². The third kappa shape index (κ3) is 2.93. The number of nitrogens with one attached hydrogen (secondary N) is 1. The highest BCUT2D eigenvalue weighted by molar-refractivity contribution is 7.21. The fraction of sp³-hybridized carbons (Fsp3) is 0.438. The molecule has 1 aromatic heterocycles. The lowest BCUT2D eigenvalue weighted by molar-refractivity contribution is 0.0877. The average Bonchev–Trinajstić information content (AvgIpc) is 2.85. The van der Waals surface area contributed by atoms with Crippen LogP contribution in [0.25, 0.3) is 10.1 Å². The zero-order chi connectivity index (χ0) is 14.8. The molecule has 1 aliphatic rings. The Hall–Kier alpha value is -1.10. The predicted octanol–water partition coefficient (Wildman–Crippen LogP) is 3.84. The van der Waals surface area contributed by atoms with E-state index >= 15 is 0 Å². The molecule has 0 spiro atoms. The Labute approximate surface area is 132 Å². The van der Waals surface area contributed by atoms with Crippen LogP contribution in [-0.2, 0) is 0 Å². The van der Waals surface area contributed by atoms with Crippen LogP contribution in [0, 0.1) is 5.92 Å². The molecule has 1 saturated carbocycles. The molecule has 0 radical (unpaired) electrons. The summed E-state index contributed by atoms with van der Waals surface area (Å²) in [6.45, 7) is 0.130. The Morgan fingerprint density at radius 1 is 1.33 bits per heavy atom. The normalized spacial score (nSPS) is 22.4. The summed E-state index contributed by atoms with van der Waals surface area (Å²) in [4.78, 5) is 13.1. The second-order valence-corrected chi connectivity index (χ2v) is 6.98. The minimum Gasteiger partial charge on any atom is -0.396 e. The van der Waals surface area contributed by atoms with E-state index in [4.69, 9.17) is 11.6 Å². The van der Waals surface area contributed by atoms with Crippen LogP contribution in [0.15, 0.2) is 24.3 Å². The van der Waals surface area contributed by atoms with Crippen LogP contribution in [0.4, 0.5) is 0 Å². The van der Waals surface area contributed by atoms with Crippen molar-refractivity contribution in [2.45, 2.75) is 31.7 Å². The topological polar surface area (TPSA) is 49.3 Å². The molecule has 2 aromatic rings. The smallest absolute Gasteiger partial charge is 0.263 e. The van der Waals surface area contributed by atoms with Gasteiger partial charge in [0.15, 0.2) is 0 Å². The van der Waals surface area contributed by atoms with Gasteiger partial charge < -0.3 is 10.4 Å². The van der Waals surface area contributed by atoms with E-state index in [1.807, 2.05) is 24.3 Å². The number of halogens is 1. The minimum absolute atomic E-state index is 0.0533. The number of thiophene rings is 1. The van der Waals surface area contributed by atoms with Gasteiger partial charge in [-0.2, -0.15) is 0 Å². The molecule has 3 nitrogen and oxygen atoms in total. The van der Waals surface area contributed by atoms with Crippen LogP contribution in [0.3, 0.4) is 0 Å². The van der Waals surface area contributed by atoms with Crippen LogP contribution in [0.2, 0.25) is 5.02 Å². The van der Waals surface area contributed by atoms with Gasteiger partial charge in [-0.1, -0.05) is 42.6 Å². The number of carbonyl (C=O) groups excluding carboxylic acids is 1. The Bertz CT molecular complexity index is 655. The Balaban J connectivity index is 1.82. The molecule has 1 heterocycles. The third-order valence-corrected chi connectivity index (χ3v) is 5.88. The summed E-state index contributed by atoms with van der Waals surface area (Å²) in [5, 5.41) is 14.0. The van der Waals surface area contributed by atoms with Gasteiger partial charge in [-0.3, -0.25) is 4.79 Å². The van der Waals surface area contributed by atoms with Gasteiger partial charge in [0.1, 0.15) is 4.88 Å². The number of carbonyl (C=O) groups is 1. The van der Waals surface area contributed by atoms with Crippen molar-refractivity contribution < 1.29 is 9.90 Å². The molecule has 1 amide bonds.